The molecule has 1 aromatic carbocycles. The van der Waals surface area contributed by atoms with E-state index >= 15 is 0 Å². The number of nitrogens with zero attached hydrogens (tertiary/aromatic N) is 4. The highest BCUT2D eigenvalue weighted by Crippen LogP contribution is 2.34. The molecule has 0 spiro atoms. The van der Waals surface area contributed by atoms with E-state index in [-0.39, 0.29) is 6.04 Å². The monoisotopic (exact) mass is 353 g/mol. The molecule has 136 valence electrons. The number of benzene rings is 1. The van der Waals surface area contributed by atoms with Crippen molar-refractivity contribution in [2.45, 2.75) is 44.1 Å². The van der Waals surface area contributed by atoms with E-state index in [4.69, 9.17) is 5.73 Å². The molecule has 1 heterocycles. The topological polar surface area (TPSA) is 60.0 Å². The van der Waals surface area contributed by atoms with Crippen molar-refractivity contribution in [2.75, 3.05) is 7.05 Å². The van der Waals surface area contributed by atoms with Gasteiger partial charge in [0.1, 0.15) is 11.6 Å². The molecule has 0 saturated heterocycles. The van der Waals surface area contributed by atoms with E-state index < -0.39 is 11.7 Å². The fraction of sp³-hybridized carbons (Fsp3) is 0.529. The third-order valence-electron chi connectivity index (χ3n) is 4.66. The predicted octanol–water partition coefficient (Wildman–Crippen LogP) is 2.67. The lowest BCUT2D eigenvalue weighted by atomic mass is 9.80. The van der Waals surface area contributed by atoms with E-state index in [9.17, 15) is 13.2 Å². The molecule has 0 unspecified atom stereocenters. The van der Waals surface area contributed by atoms with E-state index in [1.54, 1.807) is 6.07 Å². The Morgan fingerprint density at radius 1 is 1.24 bits per heavy atom. The highest BCUT2D eigenvalue weighted by Gasteiger charge is 2.32. The molecule has 2 aromatic rings. The van der Waals surface area contributed by atoms with Crippen LogP contribution in [0.4, 0.5) is 13.2 Å². The van der Waals surface area contributed by atoms with Crippen LogP contribution in [0.2, 0.25) is 0 Å². The fourth-order valence-electron chi connectivity index (χ4n) is 3.20. The van der Waals surface area contributed by atoms with Gasteiger partial charge in [-0.25, -0.2) is 0 Å². The third-order valence-corrected chi connectivity index (χ3v) is 4.66. The van der Waals surface area contributed by atoms with Crippen LogP contribution in [-0.2, 0) is 26.3 Å². The Bertz CT molecular complexity index is 734. The molecule has 0 bridgehead atoms. The Morgan fingerprint density at radius 2 is 1.96 bits per heavy atom. The molecule has 3 rings (SSSR count). The van der Waals surface area contributed by atoms with Crippen LogP contribution >= 0.6 is 0 Å². The Hall–Kier alpha value is -1.93. The largest absolute Gasteiger partial charge is 0.416 e. The van der Waals surface area contributed by atoms with Crippen molar-refractivity contribution in [3.8, 4) is 0 Å². The zero-order valence-corrected chi connectivity index (χ0v) is 14.3. The molecule has 8 heteroatoms. The van der Waals surface area contributed by atoms with Crippen molar-refractivity contribution >= 4 is 0 Å². The van der Waals surface area contributed by atoms with Gasteiger partial charge in [0.15, 0.2) is 0 Å². The predicted molar refractivity (Wildman–Crippen MR) is 87.6 cm³/mol. The normalized spacial score (nSPS) is 20.8. The first-order chi connectivity index (χ1) is 11.7. The number of rotatable bonds is 5. The number of alkyl halides is 3. The number of hydrogen-bond acceptors (Lipinski definition) is 4. The first-order valence-electron chi connectivity index (χ1n) is 8.22. The van der Waals surface area contributed by atoms with Crippen molar-refractivity contribution in [2.24, 2.45) is 12.8 Å². The van der Waals surface area contributed by atoms with Crippen LogP contribution in [0.15, 0.2) is 24.3 Å². The highest BCUT2D eigenvalue weighted by molar-refractivity contribution is 5.25. The molecule has 2 N–H and O–H groups in total. The number of nitrogens with two attached hydrogens (primary N) is 1. The molecule has 0 aliphatic heterocycles. The zero-order chi connectivity index (χ0) is 18.2. The molecule has 0 radical (unpaired) electrons. The summed E-state index contributed by atoms with van der Waals surface area (Å²) in [5, 5.41) is 8.49. The highest BCUT2D eigenvalue weighted by atomic mass is 19.4. The lowest BCUT2D eigenvalue weighted by Crippen LogP contribution is -2.36. The van der Waals surface area contributed by atoms with E-state index in [1.807, 2.05) is 23.6 Å². The Labute approximate surface area is 144 Å². The lowest BCUT2D eigenvalue weighted by molar-refractivity contribution is -0.137. The summed E-state index contributed by atoms with van der Waals surface area (Å²) in [7, 11) is 3.78. The third kappa shape index (κ3) is 4.01. The van der Waals surface area contributed by atoms with Crippen LogP contribution in [0.1, 0.15) is 41.5 Å². The molecule has 25 heavy (non-hydrogen) atoms. The Morgan fingerprint density at radius 3 is 2.60 bits per heavy atom. The molecule has 1 aliphatic carbocycles. The van der Waals surface area contributed by atoms with Gasteiger partial charge in [0.25, 0.3) is 0 Å². The van der Waals surface area contributed by atoms with E-state index in [0.717, 1.165) is 30.6 Å². The lowest BCUT2D eigenvalue weighted by Gasteiger charge is -2.31. The molecule has 1 saturated carbocycles. The molecular weight excluding hydrogens is 331 g/mol. The molecular formula is C17H22F3N5. The van der Waals surface area contributed by atoms with Crippen molar-refractivity contribution in [3.05, 3.63) is 47.0 Å². The Kier molecular flexibility index (Phi) is 4.83. The quantitative estimate of drug-likeness (QED) is 0.898. The second-order valence-corrected chi connectivity index (χ2v) is 6.83. The van der Waals surface area contributed by atoms with Gasteiger partial charge in [-0.15, -0.1) is 10.2 Å². The smallest absolute Gasteiger partial charge is 0.328 e. The molecule has 1 fully saturated rings. The van der Waals surface area contributed by atoms with Gasteiger partial charge in [0.2, 0.25) is 0 Å². The van der Waals surface area contributed by atoms with Crippen LogP contribution in [0.3, 0.4) is 0 Å². The van der Waals surface area contributed by atoms with Crippen LogP contribution in [0.5, 0.6) is 0 Å². The summed E-state index contributed by atoms with van der Waals surface area (Å²) in [4.78, 5) is 1.93. The molecule has 1 aromatic heterocycles. The van der Waals surface area contributed by atoms with Gasteiger partial charge in [-0.05, 0) is 31.5 Å². The average molecular weight is 353 g/mol. The first kappa shape index (κ1) is 17.9. The maximum absolute atomic E-state index is 12.8. The maximum Gasteiger partial charge on any atom is 0.416 e. The summed E-state index contributed by atoms with van der Waals surface area (Å²) in [5.74, 6) is 2.09. The maximum atomic E-state index is 12.8. The van der Waals surface area contributed by atoms with E-state index in [1.165, 1.54) is 12.1 Å². The van der Waals surface area contributed by atoms with Gasteiger partial charge in [-0.3, -0.25) is 4.90 Å². The minimum absolute atomic E-state index is 0.244. The summed E-state index contributed by atoms with van der Waals surface area (Å²) in [5.41, 5.74) is 5.82. The minimum Gasteiger partial charge on any atom is -0.328 e. The van der Waals surface area contributed by atoms with Gasteiger partial charge >= 0.3 is 6.18 Å². The van der Waals surface area contributed by atoms with Crippen molar-refractivity contribution in [1.29, 1.82) is 0 Å². The second kappa shape index (κ2) is 6.76. The molecule has 0 amide bonds. The number of aromatic nitrogens is 3. The van der Waals surface area contributed by atoms with Crippen LogP contribution < -0.4 is 5.73 Å². The van der Waals surface area contributed by atoms with Crippen LogP contribution in [0, 0.1) is 0 Å². The Balaban J connectivity index is 1.64. The minimum atomic E-state index is -4.32. The summed E-state index contributed by atoms with van der Waals surface area (Å²) in [6, 6.07) is 5.65. The molecule has 1 aliphatic rings. The van der Waals surface area contributed by atoms with Gasteiger partial charge in [0.05, 0.1) is 12.1 Å². The SMILES string of the molecule is CN(Cc1cccc(C(F)(F)F)c1)Cc1nnc(C2CC(N)C2)n1C. The standard InChI is InChI=1S/C17H22F3N5/c1-24(9-11-4-3-5-13(6-11)17(18,19)20)10-15-22-23-16(25(15)2)12-7-14(21)8-12/h3-6,12,14H,7-10,21H2,1-2H3. The summed E-state index contributed by atoms with van der Waals surface area (Å²) >= 11 is 0. The van der Waals surface area contributed by atoms with Gasteiger partial charge < -0.3 is 10.3 Å². The van der Waals surface area contributed by atoms with Crippen molar-refractivity contribution in [3.63, 3.8) is 0 Å². The average Bonchev–Trinajstić information content (AvgIpc) is 2.84. The zero-order valence-electron chi connectivity index (χ0n) is 14.3. The summed E-state index contributed by atoms with van der Waals surface area (Å²) in [6.07, 6.45) is -2.48. The van der Waals surface area contributed by atoms with E-state index in [2.05, 4.69) is 10.2 Å². The van der Waals surface area contributed by atoms with E-state index in [0.29, 0.717) is 24.6 Å². The van der Waals surface area contributed by atoms with Gasteiger partial charge in [-0.2, -0.15) is 13.2 Å². The summed E-state index contributed by atoms with van der Waals surface area (Å²) in [6.45, 7) is 0.916. The van der Waals surface area contributed by atoms with Gasteiger partial charge in [0, 0.05) is 25.6 Å². The summed E-state index contributed by atoms with van der Waals surface area (Å²) < 4.78 is 40.4. The second-order valence-electron chi connectivity index (χ2n) is 6.83. The van der Waals surface area contributed by atoms with Crippen molar-refractivity contribution in [1.82, 2.24) is 19.7 Å². The van der Waals surface area contributed by atoms with Gasteiger partial charge in [-0.1, -0.05) is 18.2 Å². The van der Waals surface area contributed by atoms with Crippen LogP contribution in [0.25, 0.3) is 0 Å². The first-order valence-corrected chi connectivity index (χ1v) is 8.22. The van der Waals surface area contributed by atoms with Crippen LogP contribution in [-0.4, -0.2) is 32.8 Å². The fourth-order valence-corrected chi connectivity index (χ4v) is 3.20. The molecule has 0 atom stereocenters. The van der Waals surface area contributed by atoms with Crippen molar-refractivity contribution < 1.29 is 13.2 Å². The number of halogens is 3. The number of hydrogen-bond donors (Lipinski definition) is 1. The molecule has 5 nitrogen and oxygen atoms in total.